The zero-order valence-corrected chi connectivity index (χ0v) is 11.5. The number of amides is 1. The van der Waals surface area contributed by atoms with Crippen LogP contribution in [0, 0.1) is 11.3 Å². The van der Waals surface area contributed by atoms with Crippen molar-refractivity contribution in [3.05, 3.63) is 0 Å². The second-order valence-electron chi connectivity index (χ2n) is 6.22. The van der Waals surface area contributed by atoms with E-state index < -0.39 is 12.0 Å². The molecular formula is C13H24N2O3. The van der Waals surface area contributed by atoms with E-state index in [2.05, 4.69) is 0 Å². The summed E-state index contributed by atoms with van der Waals surface area (Å²) >= 11 is 0. The summed E-state index contributed by atoms with van der Waals surface area (Å²) < 4.78 is 0. The average molecular weight is 256 g/mol. The van der Waals surface area contributed by atoms with Crippen LogP contribution >= 0.6 is 0 Å². The number of hydrogen-bond donors (Lipinski definition) is 2. The van der Waals surface area contributed by atoms with Gasteiger partial charge in [0.1, 0.15) is 0 Å². The Balaban J connectivity index is 2.46. The third-order valence-electron chi connectivity index (χ3n) is 3.56. The molecule has 5 heteroatoms. The van der Waals surface area contributed by atoms with E-state index in [1.54, 1.807) is 4.90 Å². The molecule has 2 unspecified atom stereocenters. The first-order chi connectivity index (χ1) is 8.21. The molecule has 0 aromatic rings. The van der Waals surface area contributed by atoms with Crippen LogP contribution in [0.2, 0.25) is 0 Å². The lowest BCUT2D eigenvalue weighted by Crippen LogP contribution is -2.49. The van der Waals surface area contributed by atoms with Gasteiger partial charge in [0.15, 0.2) is 0 Å². The summed E-state index contributed by atoms with van der Waals surface area (Å²) in [6.45, 7) is 7.21. The second-order valence-corrected chi connectivity index (χ2v) is 6.22. The summed E-state index contributed by atoms with van der Waals surface area (Å²) in [4.78, 5) is 24.5. The number of nitrogens with two attached hydrogens (primary N) is 1. The van der Waals surface area contributed by atoms with Crippen LogP contribution in [0.15, 0.2) is 0 Å². The Hall–Kier alpha value is -1.10. The lowest BCUT2D eigenvalue weighted by Gasteiger charge is -2.30. The number of likely N-dealkylation sites (tertiary alicyclic amines) is 1. The van der Waals surface area contributed by atoms with Crippen LogP contribution in [-0.4, -0.2) is 41.0 Å². The van der Waals surface area contributed by atoms with Gasteiger partial charge in [-0.05, 0) is 24.2 Å². The molecule has 1 heterocycles. The van der Waals surface area contributed by atoms with E-state index in [9.17, 15) is 9.59 Å². The SMILES string of the molecule is CC(C)(C)C(N)C(=O)N1CCC(CCC(=O)O)C1. The molecule has 0 spiro atoms. The van der Waals surface area contributed by atoms with Gasteiger partial charge in [0.05, 0.1) is 6.04 Å². The number of carboxylic acids is 1. The summed E-state index contributed by atoms with van der Waals surface area (Å²) in [5.74, 6) is -0.483. The van der Waals surface area contributed by atoms with E-state index in [0.29, 0.717) is 25.4 Å². The second kappa shape index (κ2) is 5.69. The summed E-state index contributed by atoms with van der Waals surface area (Å²) in [5.41, 5.74) is 5.72. The number of carbonyl (C=O) groups excluding carboxylic acids is 1. The molecule has 1 fully saturated rings. The highest BCUT2D eigenvalue weighted by atomic mass is 16.4. The van der Waals surface area contributed by atoms with Crippen molar-refractivity contribution in [2.75, 3.05) is 13.1 Å². The van der Waals surface area contributed by atoms with Gasteiger partial charge in [-0.3, -0.25) is 9.59 Å². The molecule has 0 aliphatic carbocycles. The Morgan fingerprint density at radius 3 is 2.56 bits per heavy atom. The minimum Gasteiger partial charge on any atom is -0.481 e. The molecule has 1 amide bonds. The van der Waals surface area contributed by atoms with Crippen LogP contribution in [0.25, 0.3) is 0 Å². The molecule has 3 N–H and O–H groups in total. The number of hydrogen-bond acceptors (Lipinski definition) is 3. The Kier molecular flexibility index (Phi) is 4.73. The lowest BCUT2D eigenvalue weighted by molar-refractivity contribution is -0.137. The zero-order valence-electron chi connectivity index (χ0n) is 11.5. The molecule has 2 atom stereocenters. The monoisotopic (exact) mass is 256 g/mol. The first kappa shape index (κ1) is 15.0. The van der Waals surface area contributed by atoms with Crippen LogP contribution in [0.1, 0.15) is 40.0 Å². The molecule has 1 rings (SSSR count). The number of carboxylic acid groups (broad SMARTS) is 1. The molecule has 5 nitrogen and oxygen atoms in total. The van der Waals surface area contributed by atoms with Gasteiger partial charge in [0.2, 0.25) is 5.91 Å². The smallest absolute Gasteiger partial charge is 0.303 e. The predicted octanol–water partition coefficient (Wildman–Crippen LogP) is 1.07. The van der Waals surface area contributed by atoms with Crippen LogP contribution in [0.3, 0.4) is 0 Å². The summed E-state index contributed by atoms with van der Waals surface area (Å²) in [7, 11) is 0. The van der Waals surface area contributed by atoms with Crippen molar-refractivity contribution in [3.8, 4) is 0 Å². The summed E-state index contributed by atoms with van der Waals surface area (Å²) in [6.07, 6.45) is 1.71. The van der Waals surface area contributed by atoms with Gasteiger partial charge in [-0.15, -0.1) is 0 Å². The molecule has 1 aliphatic heterocycles. The van der Waals surface area contributed by atoms with E-state index >= 15 is 0 Å². The zero-order chi connectivity index (χ0) is 13.9. The lowest BCUT2D eigenvalue weighted by atomic mass is 9.86. The normalized spacial score (nSPS) is 22.0. The molecule has 1 aliphatic rings. The summed E-state index contributed by atoms with van der Waals surface area (Å²) in [5, 5.41) is 8.64. The van der Waals surface area contributed by atoms with E-state index in [4.69, 9.17) is 10.8 Å². The number of rotatable bonds is 4. The molecule has 0 aromatic carbocycles. The van der Waals surface area contributed by atoms with Crippen LogP contribution in [0.5, 0.6) is 0 Å². The van der Waals surface area contributed by atoms with Crippen LogP contribution in [0.4, 0.5) is 0 Å². The van der Waals surface area contributed by atoms with Crippen molar-refractivity contribution in [2.45, 2.75) is 46.1 Å². The molecular weight excluding hydrogens is 232 g/mol. The fourth-order valence-corrected chi connectivity index (χ4v) is 2.16. The standard InChI is InChI=1S/C13H24N2O3/c1-13(2,3)11(14)12(18)15-7-6-9(8-15)4-5-10(16)17/h9,11H,4-8,14H2,1-3H3,(H,16,17). The highest BCUT2D eigenvalue weighted by molar-refractivity contribution is 5.82. The van der Waals surface area contributed by atoms with E-state index in [1.807, 2.05) is 20.8 Å². The first-order valence-corrected chi connectivity index (χ1v) is 6.48. The van der Waals surface area contributed by atoms with Crippen molar-refractivity contribution in [2.24, 2.45) is 17.1 Å². The molecule has 1 saturated heterocycles. The number of nitrogens with zero attached hydrogens (tertiary/aromatic N) is 1. The largest absolute Gasteiger partial charge is 0.481 e. The Morgan fingerprint density at radius 2 is 2.06 bits per heavy atom. The van der Waals surface area contributed by atoms with Gasteiger partial charge in [-0.2, -0.15) is 0 Å². The Labute approximate surface area is 108 Å². The number of aliphatic carboxylic acids is 1. The van der Waals surface area contributed by atoms with Crippen LogP contribution < -0.4 is 5.73 Å². The van der Waals surface area contributed by atoms with Gasteiger partial charge in [-0.1, -0.05) is 20.8 Å². The van der Waals surface area contributed by atoms with Gasteiger partial charge in [0, 0.05) is 19.5 Å². The molecule has 104 valence electrons. The molecule has 0 saturated carbocycles. The predicted molar refractivity (Wildman–Crippen MR) is 69.0 cm³/mol. The van der Waals surface area contributed by atoms with Gasteiger partial charge < -0.3 is 15.7 Å². The molecule has 0 bridgehead atoms. The van der Waals surface area contributed by atoms with Crippen molar-refractivity contribution < 1.29 is 14.7 Å². The van der Waals surface area contributed by atoms with Crippen molar-refractivity contribution in [3.63, 3.8) is 0 Å². The van der Waals surface area contributed by atoms with Crippen molar-refractivity contribution >= 4 is 11.9 Å². The Bertz CT molecular complexity index is 323. The minimum atomic E-state index is -0.772. The third kappa shape index (κ3) is 3.98. The van der Waals surface area contributed by atoms with E-state index in [0.717, 1.165) is 6.42 Å². The highest BCUT2D eigenvalue weighted by Gasteiger charge is 2.34. The van der Waals surface area contributed by atoms with Crippen molar-refractivity contribution in [1.82, 2.24) is 4.90 Å². The number of carbonyl (C=O) groups is 2. The molecule has 0 aromatic heterocycles. The van der Waals surface area contributed by atoms with E-state index in [-0.39, 0.29) is 17.7 Å². The van der Waals surface area contributed by atoms with Crippen molar-refractivity contribution in [1.29, 1.82) is 0 Å². The maximum absolute atomic E-state index is 12.2. The summed E-state index contributed by atoms with van der Waals surface area (Å²) in [6, 6.07) is -0.490. The fourth-order valence-electron chi connectivity index (χ4n) is 2.16. The topological polar surface area (TPSA) is 83.6 Å². The van der Waals surface area contributed by atoms with Gasteiger partial charge >= 0.3 is 5.97 Å². The van der Waals surface area contributed by atoms with Gasteiger partial charge in [-0.25, -0.2) is 0 Å². The maximum Gasteiger partial charge on any atom is 0.303 e. The first-order valence-electron chi connectivity index (χ1n) is 6.48. The third-order valence-corrected chi connectivity index (χ3v) is 3.56. The average Bonchev–Trinajstić information content (AvgIpc) is 2.71. The molecule has 0 radical (unpaired) electrons. The fraction of sp³-hybridized carbons (Fsp3) is 0.846. The van der Waals surface area contributed by atoms with E-state index in [1.165, 1.54) is 0 Å². The quantitative estimate of drug-likeness (QED) is 0.788. The van der Waals surface area contributed by atoms with Crippen LogP contribution in [-0.2, 0) is 9.59 Å². The minimum absolute atomic E-state index is 0.0136. The Morgan fingerprint density at radius 1 is 1.44 bits per heavy atom. The molecule has 18 heavy (non-hydrogen) atoms. The van der Waals surface area contributed by atoms with Gasteiger partial charge in [0.25, 0.3) is 0 Å². The highest BCUT2D eigenvalue weighted by Crippen LogP contribution is 2.25. The maximum atomic E-state index is 12.2.